The summed E-state index contributed by atoms with van der Waals surface area (Å²) in [5.41, 5.74) is 0.893. The van der Waals surface area contributed by atoms with Crippen LogP contribution >= 0.6 is 0 Å². The second-order valence-electron chi connectivity index (χ2n) is 3.62. The van der Waals surface area contributed by atoms with Crippen molar-refractivity contribution in [3.05, 3.63) is 18.0 Å². The molecule has 1 N–H and O–H groups in total. The standard InChI is InChI=1S/C10H15N3O3/c1-15-7-10(14)13-4-5-16-6-9(13)8-2-3-11-12-8/h2-3,9H,4-7H2,1H3,(H,11,12)/t9-/m1/s1. The Bertz CT molecular complexity index is 339. The van der Waals surface area contributed by atoms with E-state index >= 15 is 0 Å². The van der Waals surface area contributed by atoms with Gasteiger partial charge in [0.05, 0.1) is 24.9 Å². The van der Waals surface area contributed by atoms with Gasteiger partial charge in [0.15, 0.2) is 0 Å². The molecule has 6 heteroatoms. The lowest BCUT2D eigenvalue weighted by Crippen LogP contribution is -2.45. The summed E-state index contributed by atoms with van der Waals surface area (Å²) in [6, 6.07) is 1.77. The second kappa shape index (κ2) is 5.09. The maximum atomic E-state index is 11.8. The summed E-state index contributed by atoms with van der Waals surface area (Å²) in [5.74, 6) is -0.0228. The molecular weight excluding hydrogens is 210 g/mol. The highest BCUT2D eigenvalue weighted by molar-refractivity contribution is 5.78. The lowest BCUT2D eigenvalue weighted by Gasteiger charge is -2.34. The molecule has 1 fully saturated rings. The molecule has 0 aromatic carbocycles. The van der Waals surface area contributed by atoms with Crippen molar-refractivity contribution in [2.75, 3.05) is 33.5 Å². The number of hydrogen-bond acceptors (Lipinski definition) is 4. The Morgan fingerprint density at radius 1 is 1.81 bits per heavy atom. The van der Waals surface area contributed by atoms with E-state index in [0.29, 0.717) is 19.8 Å². The molecule has 1 saturated heterocycles. The van der Waals surface area contributed by atoms with Crippen molar-refractivity contribution < 1.29 is 14.3 Å². The van der Waals surface area contributed by atoms with Crippen LogP contribution in [0.5, 0.6) is 0 Å². The van der Waals surface area contributed by atoms with Gasteiger partial charge in [0.25, 0.3) is 0 Å². The third-order valence-electron chi connectivity index (χ3n) is 2.60. The number of morpholine rings is 1. The number of carbonyl (C=O) groups is 1. The van der Waals surface area contributed by atoms with Crippen LogP contribution in [0.3, 0.4) is 0 Å². The molecule has 16 heavy (non-hydrogen) atoms. The molecule has 1 amide bonds. The minimum atomic E-state index is -0.0844. The third kappa shape index (κ3) is 2.23. The van der Waals surface area contributed by atoms with E-state index in [1.807, 2.05) is 6.07 Å². The number of rotatable bonds is 3. The lowest BCUT2D eigenvalue weighted by atomic mass is 10.1. The molecule has 1 atom stereocenters. The van der Waals surface area contributed by atoms with Crippen molar-refractivity contribution in [1.82, 2.24) is 15.1 Å². The number of nitrogens with one attached hydrogen (secondary N) is 1. The predicted molar refractivity (Wildman–Crippen MR) is 55.7 cm³/mol. The zero-order chi connectivity index (χ0) is 11.4. The first-order valence-electron chi connectivity index (χ1n) is 5.18. The van der Waals surface area contributed by atoms with Crippen molar-refractivity contribution >= 4 is 5.91 Å². The topological polar surface area (TPSA) is 67.4 Å². The van der Waals surface area contributed by atoms with Gasteiger partial charge in [-0.05, 0) is 6.07 Å². The summed E-state index contributed by atoms with van der Waals surface area (Å²) < 4.78 is 10.2. The van der Waals surface area contributed by atoms with Crippen LogP contribution in [0.15, 0.2) is 12.3 Å². The second-order valence-corrected chi connectivity index (χ2v) is 3.62. The average Bonchev–Trinajstić information content (AvgIpc) is 2.83. The number of amides is 1. The summed E-state index contributed by atoms with van der Waals surface area (Å²) in [6.07, 6.45) is 1.67. The normalized spacial score (nSPS) is 21.1. The summed E-state index contributed by atoms with van der Waals surface area (Å²) in [5, 5.41) is 6.76. The lowest BCUT2D eigenvalue weighted by molar-refractivity contribution is -0.144. The molecular formula is C10H15N3O3. The first-order valence-corrected chi connectivity index (χ1v) is 5.18. The Morgan fingerprint density at radius 2 is 2.69 bits per heavy atom. The van der Waals surface area contributed by atoms with Gasteiger partial charge < -0.3 is 14.4 Å². The van der Waals surface area contributed by atoms with Crippen LogP contribution in [-0.2, 0) is 14.3 Å². The summed E-state index contributed by atoms with van der Waals surface area (Å²) in [7, 11) is 1.52. The average molecular weight is 225 g/mol. The monoisotopic (exact) mass is 225 g/mol. The fraction of sp³-hybridized carbons (Fsp3) is 0.600. The van der Waals surface area contributed by atoms with E-state index in [0.717, 1.165) is 5.69 Å². The molecule has 1 aliphatic heterocycles. The molecule has 1 aromatic heterocycles. The molecule has 0 saturated carbocycles. The number of nitrogens with zero attached hydrogens (tertiary/aromatic N) is 2. The number of carbonyl (C=O) groups excluding carboxylic acids is 1. The first-order chi connectivity index (χ1) is 7.83. The molecule has 88 valence electrons. The largest absolute Gasteiger partial charge is 0.377 e. The molecule has 0 unspecified atom stereocenters. The maximum Gasteiger partial charge on any atom is 0.249 e. The third-order valence-corrected chi connectivity index (χ3v) is 2.60. The predicted octanol–water partition coefficient (Wildman–Crippen LogP) is -0.0440. The number of ether oxygens (including phenoxy) is 2. The van der Waals surface area contributed by atoms with E-state index in [1.165, 1.54) is 7.11 Å². The van der Waals surface area contributed by atoms with E-state index in [2.05, 4.69) is 10.2 Å². The van der Waals surface area contributed by atoms with E-state index in [-0.39, 0.29) is 18.6 Å². The van der Waals surface area contributed by atoms with Crippen molar-refractivity contribution in [2.24, 2.45) is 0 Å². The van der Waals surface area contributed by atoms with E-state index in [9.17, 15) is 4.79 Å². The van der Waals surface area contributed by atoms with Gasteiger partial charge in [0.1, 0.15) is 6.61 Å². The first kappa shape index (κ1) is 11.1. The van der Waals surface area contributed by atoms with Gasteiger partial charge in [-0.25, -0.2) is 0 Å². The Kier molecular flexibility index (Phi) is 3.53. The summed E-state index contributed by atoms with van der Waals surface area (Å²) >= 11 is 0. The highest BCUT2D eigenvalue weighted by Gasteiger charge is 2.29. The highest BCUT2D eigenvalue weighted by Crippen LogP contribution is 2.22. The van der Waals surface area contributed by atoms with Crippen LogP contribution in [0.4, 0.5) is 0 Å². The van der Waals surface area contributed by atoms with E-state index < -0.39 is 0 Å². The Hall–Kier alpha value is -1.40. The van der Waals surface area contributed by atoms with Crippen LogP contribution in [0.2, 0.25) is 0 Å². The SMILES string of the molecule is COCC(=O)N1CCOC[C@@H]1c1ccn[nH]1. The number of aromatic nitrogens is 2. The molecule has 6 nitrogen and oxygen atoms in total. The van der Waals surface area contributed by atoms with Gasteiger partial charge in [0, 0.05) is 19.9 Å². The van der Waals surface area contributed by atoms with Crippen molar-refractivity contribution in [3.63, 3.8) is 0 Å². The van der Waals surface area contributed by atoms with Crippen LogP contribution in [-0.4, -0.2) is 54.5 Å². The van der Waals surface area contributed by atoms with Gasteiger partial charge in [-0.3, -0.25) is 9.89 Å². The van der Waals surface area contributed by atoms with Crippen molar-refractivity contribution in [2.45, 2.75) is 6.04 Å². The van der Waals surface area contributed by atoms with Crippen LogP contribution in [0.1, 0.15) is 11.7 Å². The molecule has 0 bridgehead atoms. The van der Waals surface area contributed by atoms with Crippen LogP contribution < -0.4 is 0 Å². The minimum Gasteiger partial charge on any atom is -0.377 e. The fourth-order valence-electron chi connectivity index (χ4n) is 1.82. The zero-order valence-corrected chi connectivity index (χ0v) is 9.18. The fourth-order valence-corrected chi connectivity index (χ4v) is 1.82. The number of hydrogen-bond donors (Lipinski definition) is 1. The molecule has 1 aromatic rings. The van der Waals surface area contributed by atoms with Gasteiger partial charge in [-0.2, -0.15) is 5.10 Å². The Morgan fingerprint density at radius 3 is 3.38 bits per heavy atom. The zero-order valence-electron chi connectivity index (χ0n) is 9.18. The Labute approximate surface area is 93.5 Å². The molecule has 2 heterocycles. The maximum absolute atomic E-state index is 11.8. The Balaban J connectivity index is 2.11. The van der Waals surface area contributed by atoms with Gasteiger partial charge in [0.2, 0.25) is 5.91 Å². The summed E-state index contributed by atoms with van der Waals surface area (Å²) in [4.78, 5) is 13.6. The number of H-pyrrole nitrogens is 1. The number of aromatic amines is 1. The smallest absolute Gasteiger partial charge is 0.249 e. The van der Waals surface area contributed by atoms with Crippen molar-refractivity contribution in [3.8, 4) is 0 Å². The van der Waals surface area contributed by atoms with Gasteiger partial charge >= 0.3 is 0 Å². The van der Waals surface area contributed by atoms with Gasteiger partial charge in [-0.1, -0.05) is 0 Å². The van der Waals surface area contributed by atoms with Crippen LogP contribution in [0.25, 0.3) is 0 Å². The van der Waals surface area contributed by atoms with Gasteiger partial charge in [-0.15, -0.1) is 0 Å². The molecule has 0 spiro atoms. The molecule has 0 aliphatic carbocycles. The molecule has 2 rings (SSSR count). The number of methoxy groups -OCH3 is 1. The highest BCUT2D eigenvalue weighted by atomic mass is 16.5. The van der Waals surface area contributed by atoms with Crippen molar-refractivity contribution in [1.29, 1.82) is 0 Å². The summed E-state index contributed by atoms with van der Waals surface area (Å²) in [6.45, 7) is 1.76. The quantitative estimate of drug-likeness (QED) is 0.783. The molecule has 0 radical (unpaired) electrons. The molecule has 1 aliphatic rings. The van der Waals surface area contributed by atoms with E-state index in [4.69, 9.17) is 9.47 Å². The van der Waals surface area contributed by atoms with E-state index in [1.54, 1.807) is 11.1 Å². The van der Waals surface area contributed by atoms with Crippen LogP contribution in [0, 0.1) is 0 Å². The minimum absolute atomic E-state index is 0.0228.